The molecule has 26 heavy (non-hydrogen) atoms. The maximum Gasteiger partial charge on any atom is 0.239 e. The predicted octanol–water partition coefficient (Wildman–Crippen LogP) is 3.48. The molecule has 7 heteroatoms. The molecular formula is C19H21ClN4OS. The summed E-state index contributed by atoms with van der Waals surface area (Å²) in [5.74, 6) is 0.678. The zero-order chi connectivity index (χ0) is 17.1. The minimum atomic E-state index is 0. The summed E-state index contributed by atoms with van der Waals surface area (Å²) in [6, 6.07) is 18.4. The van der Waals surface area contributed by atoms with Crippen LogP contribution in [0.15, 0.2) is 54.6 Å². The number of carbonyl (C=O) groups excluding carboxylic acids is 1. The van der Waals surface area contributed by atoms with Crippen molar-refractivity contribution in [3.8, 4) is 0 Å². The summed E-state index contributed by atoms with van der Waals surface area (Å²) in [5.41, 5.74) is 1.25. The number of nitrogens with one attached hydrogen (secondary N) is 1. The largest absolute Gasteiger partial charge is 0.369 e. The summed E-state index contributed by atoms with van der Waals surface area (Å²) in [7, 11) is 0. The van der Waals surface area contributed by atoms with Crippen molar-refractivity contribution in [2.75, 3.05) is 42.9 Å². The van der Waals surface area contributed by atoms with Gasteiger partial charge in [-0.2, -0.15) is 4.37 Å². The summed E-state index contributed by atoms with van der Waals surface area (Å²) in [5, 5.41) is 3.97. The third-order valence-corrected chi connectivity index (χ3v) is 5.32. The Morgan fingerprint density at radius 2 is 1.69 bits per heavy atom. The van der Waals surface area contributed by atoms with Gasteiger partial charge in [0.1, 0.15) is 0 Å². The van der Waals surface area contributed by atoms with E-state index in [4.69, 9.17) is 0 Å². The lowest BCUT2D eigenvalue weighted by Crippen LogP contribution is -2.48. The van der Waals surface area contributed by atoms with E-state index in [9.17, 15) is 4.79 Å². The second-order valence-corrected chi connectivity index (χ2v) is 6.98. The lowest BCUT2D eigenvalue weighted by Gasteiger charge is -2.35. The van der Waals surface area contributed by atoms with E-state index >= 15 is 0 Å². The highest BCUT2D eigenvalue weighted by molar-refractivity contribution is 7.13. The number of nitrogens with zero attached hydrogens (tertiary/aromatic N) is 3. The lowest BCUT2D eigenvalue weighted by atomic mass is 10.2. The van der Waals surface area contributed by atoms with Gasteiger partial charge in [-0.15, -0.1) is 12.4 Å². The number of anilines is 2. The molecule has 1 aliphatic heterocycles. The first-order chi connectivity index (χ1) is 12.3. The second-order valence-electron chi connectivity index (χ2n) is 6.17. The molecule has 2 heterocycles. The normalized spacial score (nSPS) is 14.8. The molecular weight excluding hydrogens is 368 g/mol. The van der Waals surface area contributed by atoms with Crippen LogP contribution in [0, 0.1) is 0 Å². The van der Waals surface area contributed by atoms with Crippen LogP contribution < -0.4 is 10.2 Å². The summed E-state index contributed by atoms with van der Waals surface area (Å²) >= 11 is 1.41. The molecule has 1 fully saturated rings. The molecule has 0 aliphatic carbocycles. The Labute approximate surface area is 163 Å². The minimum absolute atomic E-state index is 0. The van der Waals surface area contributed by atoms with Gasteiger partial charge in [-0.3, -0.25) is 9.69 Å². The molecule has 1 amide bonds. The topological polar surface area (TPSA) is 48.5 Å². The minimum Gasteiger partial charge on any atom is -0.369 e. The maximum atomic E-state index is 12.4. The van der Waals surface area contributed by atoms with Gasteiger partial charge in [0.05, 0.1) is 11.2 Å². The van der Waals surface area contributed by atoms with Gasteiger partial charge in [-0.25, -0.2) is 0 Å². The molecule has 0 atom stereocenters. The highest BCUT2D eigenvalue weighted by Gasteiger charge is 2.19. The van der Waals surface area contributed by atoms with Crippen molar-refractivity contribution in [2.24, 2.45) is 0 Å². The SMILES string of the molecule is Cl.O=C(CN1CCN(c2ccccc2)CC1)Nc1nsc2ccccc12. The molecule has 0 saturated carbocycles. The van der Waals surface area contributed by atoms with Crippen LogP contribution in [-0.2, 0) is 4.79 Å². The van der Waals surface area contributed by atoms with Gasteiger partial charge in [-0.1, -0.05) is 30.3 Å². The van der Waals surface area contributed by atoms with Gasteiger partial charge in [0.25, 0.3) is 0 Å². The highest BCUT2D eigenvalue weighted by Crippen LogP contribution is 2.26. The highest BCUT2D eigenvalue weighted by atomic mass is 35.5. The van der Waals surface area contributed by atoms with Crippen molar-refractivity contribution in [2.45, 2.75) is 0 Å². The van der Waals surface area contributed by atoms with Crippen LogP contribution in [0.3, 0.4) is 0 Å². The third kappa shape index (κ3) is 4.15. The monoisotopic (exact) mass is 388 g/mol. The quantitative estimate of drug-likeness (QED) is 0.743. The number of piperazine rings is 1. The number of benzene rings is 2. The van der Waals surface area contributed by atoms with Gasteiger partial charge < -0.3 is 10.2 Å². The zero-order valence-electron chi connectivity index (χ0n) is 14.3. The Hall–Kier alpha value is -2.15. The van der Waals surface area contributed by atoms with E-state index in [1.165, 1.54) is 17.2 Å². The molecule has 0 spiro atoms. The average molecular weight is 389 g/mol. The van der Waals surface area contributed by atoms with Crippen LogP contribution in [-0.4, -0.2) is 47.9 Å². The number of aromatic nitrogens is 1. The van der Waals surface area contributed by atoms with E-state index in [0.717, 1.165) is 36.3 Å². The standard InChI is InChI=1S/C19H20N4OS.ClH/c24-18(20-19-16-8-4-5-9-17(16)25-21-19)14-22-10-12-23(13-11-22)15-6-2-1-3-7-15;/h1-9H,10-14H2,(H,20,21,24);1H. The first-order valence-electron chi connectivity index (χ1n) is 8.46. The van der Waals surface area contributed by atoms with E-state index in [1.54, 1.807) is 0 Å². The molecule has 0 radical (unpaired) electrons. The van der Waals surface area contributed by atoms with Gasteiger partial charge in [0.15, 0.2) is 5.82 Å². The summed E-state index contributed by atoms with van der Waals surface area (Å²) in [4.78, 5) is 16.9. The number of para-hydroxylation sites is 1. The summed E-state index contributed by atoms with van der Waals surface area (Å²) < 4.78 is 5.45. The molecule has 1 saturated heterocycles. The molecule has 0 unspecified atom stereocenters. The number of hydrogen-bond donors (Lipinski definition) is 1. The molecule has 0 bridgehead atoms. The smallest absolute Gasteiger partial charge is 0.239 e. The molecule has 2 aromatic carbocycles. The fourth-order valence-electron chi connectivity index (χ4n) is 3.15. The number of rotatable bonds is 4. The van der Waals surface area contributed by atoms with Crippen molar-refractivity contribution in [1.82, 2.24) is 9.27 Å². The zero-order valence-corrected chi connectivity index (χ0v) is 15.9. The van der Waals surface area contributed by atoms with Crippen LogP contribution in [0.2, 0.25) is 0 Å². The van der Waals surface area contributed by atoms with Crippen molar-refractivity contribution in [1.29, 1.82) is 0 Å². The third-order valence-electron chi connectivity index (χ3n) is 4.50. The Morgan fingerprint density at radius 1 is 1.00 bits per heavy atom. The second kappa shape index (κ2) is 8.49. The number of hydrogen-bond acceptors (Lipinski definition) is 5. The van der Waals surface area contributed by atoms with Gasteiger partial charge >= 0.3 is 0 Å². The fourth-order valence-corrected chi connectivity index (χ4v) is 3.89. The first kappa shape index (κ1) is 18.6. The van der Waals surface area contributed by atoms with Crippen molar-refractivity contribution < 1.29 is 4.79 Å². The number of carbonyl (C=O) groups is 1. The number of halogens is 1. The van der Waals surface area contributed by atoms with Gasteiger partial charge in [0.2, 0.25) is 5.91 Å². The molecule has 1 aromatic heterocycles. The summed E-state index contributed by atoms with van der Waals surface area (Å²) in [6.45, 7) is 4.07. The average Bonchev–Trinajstić information content (AvgIpc) is 3.06. The molecule has 1 N–H and O–H groups in total. The van der Waals surface area contributed by atoms with Crippen molar-refractivity contribution in [3.05, 3.63) is 54.6 Å². The molecule has 136 valence electrons. The van der Waals surface area contributed by atoms with Gasteiger partial charge in [-0.05, 0) is 35.8 Å². The van der Waals surface area contributed by atoms with Crippen LogP contribution >= 0.6 is 23.9 Å². The van der Waals surface area contributed by atoms with Crippen molar-refractivity contribution >= 4 is 51.4 Å². The number of amides is 1. The Kier molecular flexibility index (Phi) is 6.08. The molecule has 5 nitrogen and oxygen atoms in total. The molecule has 4 rings (SSSR count). The van der Waals surface area contributed by atoms with Crippen LogP contribution in [0.4, 0.5) is 11.5 Å². The van der Waals surface area contributed by atoms with E-state index in [0.29, 0.717) is 12.4 Å². The van der Waals surface area contributed by atoms with Crippen molar-refractivity contribution in [3.63, 3.8) is 0 Å². The lowest BCUT2D eigenvalue weighted by molar-refractivity contribution is -0.117. The van der Waals surface area contributed by atoms with Crippen LogP contribution in [0.25, 0.3) is 10.1 Å². The van der Waals surface area contributed by atoms with Crippen LogP contribution in [0.5, 0.6) is 0 Å². The van der Waals surface area contributed by atoms with E-state index in [1.807, 2.05) is 30.3 Å². The van der Waals surface area contributed by atoms with E-state index in [2.05, 4.69) is 43.8 Å². The fraction of sp³-hybridized carbons (Fsp3) is 0.263. The Bertz CT molecular complexity index is 862. The molecule has 3 aromatic rings. The van der Waals surface area contributed by atoms with E-state index in [-0.39, 0.29) is 18.3 Å². The van der Waals surface area contributed by atoms with Crippen LogP contribution in [0.1, 0.15) is 0 Å². The number of fused-ring (bicyclic) bond motifs is 1. The van der Waals surface area contributed by atoms with Gasteiger partial charge in [0, 0.05) is 37.3 Å². The molecule has 1 aliphatic rings. The first-order valence-corrected chi connectivity index (χ1v) is 9.23. The summed E-state index contributed by atoms with van der Waals surface area (Å²) in [6.07, 6.45) is 0. The predicted molar refractivity (Wildman–Crippen MR) is 111 cm³/mol. The van der Waals surface area contributed by atoms with E-state index < -0.39 is 0 Å². The Balaban J connectivity index is 0.00000196. The Morgan fingerprint density at radius 3 is 2.46 bits per heavy atom. The maximum absolute atomic E-state index is 12.4.